The Kier molecular flexibility index (Phi) is 7.14. The number of aliphatic hydroxyl groups is 1. The number of urea groups is 1. The number of carbonyl (C=O) groups excluding carboxylic acids is 2. The van der Waals surface area contributed by atoms with E-state index in [1.54, 1.807) is 11.1 Å². The maximum absolute atomic E-state index is 13.6. The number of rotatable bonds is 8. The normalized spacial score (nSPS) is 19.0. The predicted molar refractivity (Wildman–Crippen MR) is 156 cm³/mol. The zero-order valence-corrected chi connectivity index (χ0v) is 23.1. The van der Waals surface area contributed by atoms with Crippen LogP contribution in [0.15, 0.2) is 60.8 Å². The molecule has 40 heavy (non-hydrogen) atoms. The van der Waals surface area contributed by atoms with Gasteiger partial charge in [-0.3, -0.25) is 15.0 Å². The van der Waals surface area contributed by atoms with Crippen LogP contribution in [0, 0.1) is 6.92 Å². The largest absolute Gasteiger partial charge is 0.457 e. The number of nitrogens with zero attached hydrogens (tertiary/aromatic N) is 2. The number of ether oxygens (including phenoxy) is 1. The molecule has 6 rings (SSSR count). The van der Waals surface area contributed by atoms with Crippen LogP contribution >= 0.6 is 11.3 Å². The number of pyridine rings is 1. The lowest BCUT2D eigenvalue weighted by molar-refractivity contribution is -0.121. The number of aliphatic hydroxyl groups excluding tert-OH is 1. The van der Waals surface area contributed by atoms with Crippen LogP contribution in [0.3, 0.4) is 0 Å². The first kappa shape index (κ1) is 26.2. The van der Waals surface area contributed by atoms with Crippen molar-refractivity contribution in [2.24, 2.45) is 0 Å². The van der Waals surface area contributed by atoms with Gasteiger partial charge in [-0.25, -0.2) is 9.78 Å². The number of benzene rings is 2. The Morgan fingerprint density at radius 1 is 1.15 bits per heavy atom. The molecule has 3 atom stereocenters. The molecular weight excluding hydrogens is 526 g/mol. The van der Waals surface area contributed by atoms with E-state index in [2.05, 4.69) is 20.9 Å². The summed E-state index contributed by atoms with van der Waals surface area (Å²) in [5.41, 5.74) is 2.86. The van der Waals surface area contributed by atoms with E-state index in [0.29, 0.717) is 28.4 Å². The summed E-state index contributed by atoms with van der Waals surface area (Å²) in [6, 6.07) is 16.6. The lowest BCUT2D eigenvalue weighted by Gasteiger charge is -2.30. The molecule has 1 aliphatic carbocycles. The lowest BCUT2D eigenvalue weighted by atomic mass is 10.1. The molecule has 2 aliphatic rings. The Balaban J connectivity index is 1.29. The van der Waals surface area contributed by atoms with Gasteiger partial charge in [-0.2, -0.15) is 0 Å². The predicted octanol–water partition coefficient (Wildman–Crippen LogP) is 6.11. The molecule has 2 aromatic heterocycles. The molecule has 2 aromatic carbocycles. The number of hydrogen-bond donors (Lipinski definition) is 4. The third kappa shape index (κ3) is 4.90. The Morgan fingerprint density at radius 2 is 1.95 bits per heavy atom. The highest BCUT2D eigenvalue weighted by Crippen LogP contribution is 2.48. The molecule has 3 amide bonds. The van der Waals surface area contributed by atoms with Crippen LogP contribution in [0.5, 0.6) is 11.5 Å². The van der Waals surface area contributed by atoms with Crippen molar-refractivity contribution in [2.45, 2.75) is 57.8 Å². The van der Waals surface area contributed by atoms with Crippen LogP contribution in [-0.2, 0) is 4.79 Å². The molecule has 4 aromatic rings. The maximum atomic E-state index is 13.6. The van der Waals surface area contributed by atoms with Crippen molar-refractivity contribution in [3.63, 3.8) is 0 Å². The smallest absolute Gasteiger partial charge is 0.331 e. The fourth-order valence-corrected chi connectivity index (χ4v) is 6.59. The van der Waals surface area contributed by atoms with Crippen LogP contribution in [0.25, 0.3) is 10.2 Å². The van der Waals surface area contributed by atoms with Crippen LogP contribution in [0.4, 0.5) is 21.9 Å². The topological polar surface area (TPSA) is 116 Å². The number of aromatic nitrogens is 1. The van der Waals surface area contributed by atoms with Crippen molar-refractivity contribution in [1.29, 1.82) is 0 Å². The van der Waals surface area contributed by atoms with Gasteiger partial charge in [0.2, 0.25) is 5.91 Å². The summed E-state index contributed by atoms with van der Waals surface area (Å²) < 4.78 is 5.98. The quantitative estimate of drug-likeness (QED) is 0.194. The highest BCUT2D eigenvalue weighted by molar-refractivity contribution is 7.19. The molecule has 0 bridgehead atoms. The molecule has 0 saturated heterocycles. The Bertz CT molecular complexity index is 1570. The number of amides is 3. The van der Waals surface area contributed by atoms with Crippen molar-refractivity contribution in [3.05, 3.63) is 71.2 Å². The zero-order valence-electron chi connectivity index (χ0n) is 22.3. The van der Waals surface area contributed by atoms with E-state index in [4.69, 9.17) is 4.74 Å². The lowest BCUT2D eigenvalue weighted by Crippen LogP contribution is -2.47. The van der Waals surface area contributed by atoms with Crippen molar-refractivity contribution < 1.29 is 19.4 Å². The van der Waals surface area contributed by atoms with Crippen molar-refractivity contribution in [1.82, 2.24) is 15.6 Å². The Morgan fingerprint density at radius 3 is 2.73 bits per heavy atom. The fraction of sp³-hybridized carbons (Fsp3) is 0.300. The number of para-hydroxylation sites is 1. The summed E-state index contributed by atoms with van der Waals surface area (Å²) in [7, 11) is 0. The number of carbonyl (C=O) groups is 2. The summed E-state index contributed by atoms with van der Waals surface area (Å²) in [5.74, 6) is 1.42. The zero-order chi connectivity index (χ0) is 27.8. The van der Waals surface area contributed by atoms with E-state index >= 15 is 0 Å². The van der Waals surface area contributed by atoms with E-state index in [1.807, 2.05) is 68.4 Å². The van der Waals surface area contributed by atoms with Crippen LogP contribution in [0.2, 0.25) is 0 Å². The average Bonchev–Trinajstić information content (AvgIpc) is 3.55. The third-order valence-electron chi connectivity index (χ3n) is 7.46. The number of anilines is 3. The molecule has 1 fully saturated rings. The molecule has 0 spiro atoms. The van der Waals surface area contributed by atoms with E-state index in [1.165, 1.54) is 11.3 Å². The fourth-order valence-electron chi connectivity index (χ4n) is 5.52. The number of aryl methyl sites for hydroxylation is 1. The first-order valence-electron chi connectivity index (χ1n) is 13.5. The minimum atomic E-state index is -1.02. The molecule has 3 heterocycles. The molecule has 9 nitrogen and oxygen atoms in total. The number of hydrogen-bond acceptors (Lipinski definition) is 7. The van der Waals surface area contributed by atoms with E-state index in [9.17, 15) is 14.7 Å². The van der Waals surface area contributed by atoms with Gasteiger partial charge >= 0.3 is 6.03 Å². The van der Waals surface area contributed by atoms with Gasteiger partial charge in [-0.05, 0) is 68.1 Å². The van der Waals surface area contributed by atoms with Gasteiger partial charge in [0.15, 0.2) is 0 Å². The molecule has 1 saturated carbocycles. The van der Waals surface area contributed by atoms with Crippen LogP contribution in [-0.4, -0.2) is 34.1 Å². The number of nitrogens with one attached hydrogen (secondary N) is 3. The van der Waals surface area contributed by atoms with E-state index in [0.717, 1.165) is 46.5 Å². The Labute approximate surface area is 236 Å². The third-order valence-corrected chi connectivity index (χ3v) is 8.62. The second-order valence-electron chi connectivity index (χ2n) is 10.1. The summed E-state index contributed by atoms with van der Waals surface area (Å²) in [4.78, 5) is 33.0. The summed E-state index contributed by atoms with van der Waals surface area (Å²) in [5, 5.41) is 21.4. The van der Waals surface area contributed by atoms with Crippen LogP contribution < -0.4 is 25.6 Å². The van der Waals surface area contributed by atoms with E-state index in [-0.39, 0.29) is 24.0 Å². The van der Waals surface area contributed by atoms with Gasteiger partial charge in [0, 0.05) is 24.7 Å². The standard InChI is InChI=1S/C30H31N5O4S/c1-3-24(36)32-20-10-7-11-21(20)33-28(37)27-26-25-23(14-15-31-29(25)40-27)35(30(38)34-26)22-13-12-19(16-17(22)2)39-18-8-5-4-6-9-18/h4-6,8-9,12-16,20-21,28,33,37H,3,7,10-11H2,1-2H3,(H,32,36)(H,34,38)/t20-,21-,28?/m0/s1. The van der Waals surface area contributed by atoms with Gasteiger partial charge in [0.05, 0.1) is 27.3 Å². The molecule has 1 aliphatic heterocycles. The van der Waals surface area contributed by atoms with E-state index < -0.39 is 6.23 Å². The molecule has 1 unspecified atom stereocenters. The Hall–Kier alpha value is -3.99. The van der Waals surface area contributed by atoms with Crippen LogP contribution in [0.1, 0.15) is 49.3 Å². The first-order chi connectivity index (χ1) is 19.4. The summed E-state index contributed by atoms with van der Waals surface area (Å²) in [6.07, 6.45) is 3.76. The number of thiophene rings is 1. The molecular formula is C30H31N5O4S. The van der Waals surface area contributed by atoms with Crippen molar-refractivity contribution >= 4 is 50.6 Å². The highest BCUT2D eigenvalue weighted by atomic mass is 32.1. The monoisotopic (exact) mass is 557 g/mol. The van der Waals surface area contributed by atoms with Gasteiger partial charge in [-0.1, -0.05) is 25.1 Å². The second kappa shape index (κ2) is 10.9. The van der Waals surface area contributed by atoms with Gasteiger partial charge in [0.25, 0.3) is 0 Å². The van der Waals surface area contributed by atoms with Gasteiger partial charge in [-0.15, -0.1) is 11.3 Å². The SMILES string of the molecule is CCC(=O)N[C@H]1CCC[C@@H]1NC(O)c1sc2nccc3c2c1NC(=O)N3c1ccc(Oc2ccccc2)cc1C. The average molecular weight is 558 g/mol. The first-order valence-corrected chi connectivity index (χ1v) is 14.3. The summed E-state index contributed by atoms with van der Waals surface area (Å²) in [6.45, 7) is 3.77. The van der Waals surface area contributed by atoms with Crippen molar-refractivity contribution in [2.75, 3.05) is 10.2 Å². The minimum Gasteiger partial charge on any atom is -0.457 e. The molecule has 10 heteroatoms. The molecule has 206 valence electrons. The molecule has 4 N–H and O–H groups in total. The summed E-state index contributed by atoms with van der Waals surface area (Å²) >= 11 is 1.35. The molecule has 0 radical (unpaired) electrons. The van der Waals surface area contributed by atoms with Gasteiger partial charge in [0.1, 0.15) is 22.6 Å². The minimum absolute atomic E-state index is 0.00120. The van der Waals surface area contributed by atoms with Gasteiger partial charge < -0.3 is 20.5 Å². The van der Waals surface area contributed by atoms with Crippen molar-refractivity contribution in [3.8, 4) is 11.5 Å². The second-order valence-corrected chi connectivity index (χ2v) is 11.1. The highest BCUT2D eigenvalue weighted by Gasteiger charge is 2.35. The maximum Gasteiger partial charge on any atom is 0.331 e.